The Bertz CT molecular complexity index is 1010. The molecule has 1 heterocycles. The quantitative estimate of drug-likeness (QED) is 0.0985. The highest BCUT2D eigenvalue weighted by Gasteiger charge is 2.23. The van der Waals surface area contributed by atoms with E-state index in [1.807, 2.05) is 0 Å². The molecular formula is C37H66N6O3. The van der Waals surface area contributed by atoms with E-state index >= 15 is 0 Å². The average Bonchev–Trinajstić information content (AvgIpc) is 3.05. The van der Waals surface area contributed by atoms with Gasteiger partial charge in [-0.2, -0.15) is 0 Å². The summed E-state index contributed by atoms with van der Waals surface area (Å²) in [6, 6.07) is 1.13. The first-order chi connectivity index (χ1) is 22.3. The highest BCUT2D eigenvalue weighted by Crippen LogP contribution is 2.27. The summed E-state index contributed by atoms with van der Waals surface area (Å²) in [4.78, 5) is 30.8. The summed E-state index contributed by atoms with van der Waals surface area (Å²) in [6.45, 7) is 11.7. The number of rotatable bonds is 20. The highest BCUT2D eigenvalue weighted by molar-refractivity contribution is 5.84. The number of nitrogens with two attached hydrogens (primary N) is 1. The molecule has 262 valence electrons. The molecule has 3 aliphatic rings. The molecule has 1 unspecified atom stereocenters. The molecule has 2 fully saturated rings. The van der Waals surface area contributed by atoms with Crippen LogP contribution in [0.15, 0.2) is 28.2 Å². The number of aliphatic imine (C=N–C) groups is 1. The zero-order chi connectivity index (χ0) is 33.1. The van der Waals surface area contributed by atoms with E-state index in [-0.39, 0.29) is 24.5 Å². The lowest BCUT2D eigenvalue weighted by atomic mass is 9.86. The Hall–Kier alpha value is -2.39. The van der Waals surface area contributed by atoms with Crippen molar-refractivity contribution in [3.63, 3.8) is 0 Å². The van der Waals surface area contributed by atoms with Crippen molar-refractivity contribution < 1.29 is 14.7 Å². The van der Waals surface area contributed by atoms with E-state index in [1.54, 1.807) is 0 Å². The maximum atomic E-state index is 12.3. The first kappa shape index (κ1) is 38.1. The summed E-state index contributed by atoms with van der Waals surface area (Å²) < 4.78 is 0. The van der Waals surface area contributed by atoms with E-state index in [9.17, 15) is 9.59 Å². The lowest BCUT2D eigenvalue weighted by Crippen LogP contribution is -2.35. The predicted octanol–water partition coefficient (Wildman–Crippen LogP) is 6.26. The van der Waals surface area contributed by atoms with Gasteiger partial charge in [-0.25, -0.2) is 0 Å². The van der Waals surface area contributed by atoms with Gasteiger partial charge in [0.2, 0.25) is 0 Å². The number of carboxylic acid groups (broad SMARTS) is 1. The van der Waals surface area contributed by atoms with Crippen LogP contribution in [0.1, 0.15) is 136 Å². The fourth-order valence-electron chi connectivity index (χ4n) is 7.34. The van der Waals surface area contributed by atoms with Gasteiger partial charge in [-0.1, -0.05) is 39.5 Å². The van der Waals surface area contributed by atoms with Gasteiger partial charge in [0.1, 0.15) is 17.4 Å². The molecule has 0 amide bonds. The summed E-state index contributed by atoms with van der Waals surface area (Å²) in [6.07, 6.45) is 20.1. The number of nitrogens with zero attached hydrogens (tertiary/aromatic N) is 2. The lowest BCUT2D eigenvalue weighted by molar-refractivity contribution is -0.138. The summed E-state index contributed by atoms with van der Waals surface area (Å²) in [7, 11) is 0. The third kappa shape index (κ3) is 14.6. The van der Waals surface area contributed by atoms with Gasteiger partial charge in [0.15, 0.2) is 0 Å². The average molecular weight is 643 g/mol. The fourth-order valence-corrected chi connectivity index (χ4v) is 7.34. The number of carbonyl (C=O) groups excluding carboxylic acids is 1. The minimum atomic E-state index is -0.910. The number of hydrogen-bond donors (Lipinski definition) is 5. The van der Waals surface area contributed by atoms with Crippen molar-refractivity contribution in [3.8, 4) is 0 Å². The smallest absolute Gasteiger partial charge is 0.303 e. The van der Waals surface area contributed by atoms with Crippen molar-refractivity contribution in [2.75, 3.05) is 32.7 Å². The van der Waals surface area contributed by atoms with Crippen molar-refractivity contribution >= 4 is 17.6 Å². The Morgan fingerprint density at radius 3 is 2.50 bits per heavy atom. The Balaban J connectivity index is 1.42. The first-order valence-corrected chi connectivity index (χ1v) is 18.7. The van der Waals surface area contributed by atoms with Gasteiger partial charge in [-0.05, 0) is 108 Å². The number of nitrogens with one attached hydrogen (secondary N) is 3. The van der Waals surface area contributed by atoms with Crippen LogP contribution in [-0.2, 0) is 9.59 Å². The minimum Gasteiger partial charge on any atom is -0.481 e. The Kier molecular flexibility index (Phi) is 17.8. The van der Waals surface area contributed by atoms with Crippen LogP contribution in [0.25, 0.3) is 0 Å². The third-order valence-electron chi connectivity index (χ3n) is 10.3. The monoisotopic (exact) mass is 643 g/mol. The van der Waals surface area contributed by atoms with Gasteiger partial charge in [0.25, 0.3) is 0 Å². The molecule has 9 nitrogen and oxygen atoms in total. The van der Waals surface area contributed by atoms with E-state index < -0.39 is 5.97 Å². The summed E-state index contributed by atoms with van der Waals surface area (Å²) >= 11 is 0. The second-order valence-corrected chi connectivity index (χ2v) is 14.2. The van der Waals surface area contributed by atoms with Crippen LogP contribution in [0.2, 0.25) is 0 Å². The van der Waals surface area contributed by atoms with Crippen LogP contribution in [0, 0.1) is 11.8 Å². The lowest BCUT2D eigenvalue weighted by Gasteiger charge is -2.31. The molecule has 0 aromatic rings. The van der Waals surface area contributed by atoms with Crippen LogP contribution in [0.4, 0.5) is 0 Å². The van der Waals surface area contributed by atoms with Crippen LogP contribution in [0.5, 0.6) is 0 Å². The highest BCUT2D eigenvalue weighted by atomic mass is 16.4. The van der Waals surface area contributed by atoms with Crippen molar-refractivity contribution in [2.24, 2.45) is 22.6 Å². The van der Waals surface area contributed by atoms with Crippen molar-refractivity contribution in [3.05, 3.63) is 23.2 Å². The number of ketones is 1. The van der Waals surface area contributed by atoms with Crippen molar-refractivity contribution in [1.29, 1.82) is 0 Å². The number of allylic oxidation sites excluding steroid dienone is 2. The third-order valence-corrected chi connectivity index (χ3v) is 10.3. The number of Topliss-reactive ketones (excluding diaryl/α,β-unsaturated/α-hetero) is 1. The van der Waals surface area contributed by atoms with Crippen LogP contribution >= 0.6 is 0 Å². The van der Waals surface area contributed by atoms with Gasteiger partial charge >= 0.3 is 5.97 Å². The van der Waals surface area contributed by atoms with Gasteiger partial charge in [0, 0.05) is 50.2 Å². The van der Waals surface area contributed by atoms with Crippen molar-refractivity contribution in [1.82, 2.24) is 20.9 Å². The largest absolute Gasteiger partial charge is 0.481 e. The van der Waals surface area contributed by atoms with Gasteiger partial charge in [-0.3, -0.25) is 14.6 Å². The Labute approximate surface area is 279 Å². The second kappa shape index (κ2) is 21.5. The van der Waals surface area contributed by atoms with E-state index in [0.717, 1.165) is 95.5 Å². The zero-order valence-electron chi connectivity index (χ0n) is 29.4. The van der Waals surface area contributed by atoms with E-state index in [1.165, 1.54) is 62.6 Å². The molecule has 0 aromatic carbocycles. The summed E-state index contributed by atoms with van der Waals surface area (Å²) in [5.41, 5.74) is 9.04. The number of carbonyl (C=O) groups is 2. The van der Waals surface area contributed by atoms with E-state index in [0.29, 0.717) is 18.3 Å². The summed E-state index contributed by atoms with van der Waals surface area (Å²) in [5.74, 6) is 1.80. The molecule has 2 saturated carbocycles. The zero-order valence-corrected chi connectivity index (χ0v) is 29.4. The second-order valence-electron chi connectivity index (χ2n) is 14.2. The normalized spacial score (nSPS) is 25.6. The van der Waals surface area contributed by atoms with E-state index in [2.05, 4.69) is 47.7 Å². The van der Waals surface area contributed by atoms with Gasteiger partial charge in [-0.15, -0.1) is 0 Å². The molecule has 0 radical (unpaired) electrons. The topological polar surface area (TPSA) is 132 Å². The molecule has 1 atom stereocenters. The summed E-state index contributed by atoms with van der Waals surface area (Å²) in [5, 5.41) is 19.8. The molecule has 3 rings (SSSR count). The standard InChI is InChI=1S/C37H66N6O3/c1-4-23-43(24-20-29(5-2)25-33(44)17-19-37(45)46)34-26-35(38)42-36(18-12-28(34)3)41-32-15-13-30(14-16-32)27-39-21-9-22-40-31-10-7-6-8-11-31/h26,29-32,39-40H,4-25,27,38H2,1-3H3,(H,41,42)(H,45,46)/b34-28-,35-26-. The predicted molar refractivity (Wildman–Crippen MR) is 190 cm³/mol. The number of carboxylic acids is 1. The molecule has 1 aliphatic heterocycles. The number of aliphatic carboxylic acids is 1. The molecule has 0 saturated heterocycles. The van der Waals surface area contributed by atoms with Gasteiger partial charge in [0.05, 0.1) is 12.5 Å². The molecule has 9 heteroatoms. The van der Waals surface area contributed by atoms with Gasteiger partial charge < -0.3 is 31.7 Å². The number of hydrogen-bond acceptors (Lipinski definition) is 7. The van der Waals surface area contributed by atoms with Crippen LogP contribution in [-0.4, -0.2) is 72.4 Å². The van der Waals surface area contributed by atoms with Crippen LogP contribution < -0.4 is 21.7 Å². The SMILES string of the molecule is CCCN(CCC(CC)CC(=O)CCC(=O)O)C1=C(/C)CCC(=NC2CCC(CNCCCNC3CCCCC3)CC2)N/C(N)=C\1. The Morgan fingerprint density at radius 1 is 1.04 bits per heavy atom. The van der Waals surface area contributed by atoms with Crippen LogP contribution in [0.3, 0.4) is 0 Å². The van der Waals surface area contributed by atoms with E-state index in [4.69, 9.17) is 15.8 Å². The minimum absolute atomic E-state index is 0.0518. The molecule has 0 spiro atoms. The maximum absolute atomic E-state index is 12.3. The molecule has 0 bridgehead atoms. The molecular weight excluding hydrogens is 576 g/mol. The molecule has 46 heavy (non-hydrogen) atoms. The fraction of sp³-hybridized carbons (Fsp3) is 0.811. The first-order valence-electron chi connectivity index (χ1n) is 18.7. The number of amidine groups is 1. The molecule has 2 aliphatic carbocycles. The molecule has 0 aromatic heterocycles. The Morgan fingerprint density at radius 2 is 1.80 bits per heavy atom. The maximum Gasteiger partial charge on any atom is 0.303 e. The van der Waals surface area contributed by atoms with Crippen molar-refractivity contribution in [2.45, 2.75) is 148 Å². The molecule has 6 N–H and O–H groups in total.